The van der Waals surface area contributed by atoms with Crippen LogP contribution in [0.2, 0.25) is 0 Å². The lowest BCUT2D eigenvalue weighted by molar-refractivity contribution is 0.0549. The molecule has 3 rings (SSSR count). The van der Waals surface area contributed by atoms with Crippen LogP contribution in [-0.2, 0) is 9.47 Å². The van der Waals surface area contributed by atoms with E-state index in [1.165, 1.54) is 26.0 Å². The number of methoxy groups -OCH3 is 3. The van der Waals surface area contributed by atoms with Gasteiger partial charge in [0.25, 0.3) is 0 Å². The highest BCUT2D eigenvalue weighted by atomic mass is 16.5. The highest BCUT2D eigenvalue weighted by Crippen LogP contribution is 2.35. The molecule has 8 heteroatoms. The highest BCUT2D eigenvalue weighted by Gasteiger charge is 2.31. The van der Waals surface area contributed by atoms with Gasteiger partial charge >= 0.3 is 11.9 Å². The van der Waals surface area contributed by atoms with Crippen LogP contribution in [0.3, 0.4) is 0 Å². The maximum Gasteiger partial charge on any atom is 0.357 e. The number of hydrogen-bond donors (Lipinski definition) is 0. The van der Waals surface area contributed by atoms with Crippen molar-refractivity contribution in [1.82, 2.24) is 9.78 Å². The number of aromatic nitrogens is 2. The van der Waals surface area contributed by atoms with Gasteiger partial charge in [-0.25, -0.2) is 14.3 Å². The Bertz CT molecular complexity index is 1100. The predicted molar refractivity (Wildman–Crippen MR) is 114 cm³/mol. The summed E-state index contributed by atoms with van der Waals surface area (Å²) in [5.74, 6) is -0.505. The van der Waals surface area contributed by atoms with E-state index in [1.807, 2.05) is 6.07 Å². The van der Waals surface area contributed by atoms with Crippen LogP contribution in [0.15, 0.2) is 61.2 Å². The number of rotatable bonds is 8. The number of carbonyl (C=O) groups is 2. The van der Waals surface area contributed by atoms with E-state index in [0.29, 0.717) is 29.4 Å². The summed E-state index contributed by atoms with van der Waals surface area (Å²) >= 11 is 0. The third-order valence-electron chi connectivity index (χ3n) is 4.45. The van der Waals surface area contributed by atoms with Crippen LogP contribution in [0.5, 0.6) is 11.5 Å². The number of ether oxygens (including phenoxy) is 4. The lowest BCUT2D eigenvalue weighted by Gasteiger charge is -2.11. The number of benzene rings is 2. The Morgan fingerprint density at radius 3 is 2.32 bits per heavy atom. The molecule has 0 spiro atoms. The minimum absolute atomic E-state index is 0.0139. The van der Waals surface area contributed by atoms with Crippen molar-refractivity contribution in [3.05, 3.63) is 72.4 Å². The summed E-state index contributed by atoms with van der Waals surface area (Å²) < 4.78 is 22.2. The normalized spacial score (nSPS) is 10.3. The molecule has 1 aromatic heterocycles. The number of esters is 2. The van der Waals surface area contributed by atoms with Gasteiger partial charge in [0.2, 0.25) is 0 Å². The zero-order chi connectivity index (χ0) is 22.4. The smallest absolute Gasteiger partial charge is 0.357 e. The maximum atomic E-state index is 12.7. The Hall–Kier alpha value is -4.07. The van der Waals surface area contributed by atoms with Gasteiger partial charge in [-0.15, -0.1) is 0 Å². The molecule has 0 bridgehead atoms. The lowest BCUT2D eigenvalue weighted by atomic mass is 10.0. The molecule has 0 amide bonds. The Balaban J connectivity index is 2.27. The quantitative estimate of drug-likeness (QED) is 0.404. The van der Waals surface area contributed by atoms with Gasteiger partial charge in [0.1, 0.15) is 17.9 Å². The largest absolute Gasteiger partial charge is 0.493 e. The molecule has 0 unspecified atom stereocenters. The van der Waals surface area contributed by atoms with Gasteiger partial charge in [-0.3, -0.25) is 0 Å². The summed E-state index contributed by atoms with van der Waals surface area (Å²) in [6.07, 6.45) is 1.62. The molecule has 0 radical (unpaired) electrons. The van der Waals surface area contributed by atoms with Crippen molar-refractivity contribution >= 4 is 11.9 Å². The molecular formula is C23H22N2O6. The summed E-state index contributed by atoms with van der Waals surface area (Å²) in [5, 5.41) is 4.56. The number of nitrogens with zero attached hydrogens (tertiary/aromatic N) is 2. The van der Waals surface area contributed by atoms with Crippen LogP contribution in [0, 0.1) is 0 Å². The summed E-state index contributed by atoms with van der Waals surface area (Å²) in [7, 11) is 3.98. The van der Waals surface area contributed by atoms with Crippen molar-refractivity contribution in [2.75, 3.05) is 27.9 Å². The summed E-state index contributed by atoms with van der Waals surface area (Å²) in [6.45, 7) is 3.93. The van der Waals surface area contributed by atoms with Crippen LogP contribution in [0.1, 0.15) is 20.8 Å². The van der Waals surface area contributed by atoms with Gasteiger partial charge in [0, 0.05) is 5.56 Å². The minimum atomic E-state index is -0.721. The average Bonchev–Trinajstić information content (AvgIpc) is 3.22. The highest BCUT2D eigenvalue weighted by molar-refractivity contribution is 6.06. The third kappa shape index (κ3) is 4.28. The fourth-order valence-corrected chi connectivity index (χ4v) is 3.04. The standard InChI is InChI=1S/C23H22N2O6/c1-5-13-31-17-12-11-15(14-18(17)28-2)20-19(22(26)29-3)21(23(27)30-4)25(24-20)16-9-7-6-8-10-16/h5-12,14H,1,13H2,2-4H3. The van der Waals surface area contributed by atoms with Crippen molar-refractivity contribution in [3.8, 4) is 28.4 Å². The molecule has 1 heterocycles. The zero-order valence-electron chi connectivity index (χ0n) is 17.5. The summed E-state index contributed by atoms with van der Waals surface area (Å²) in [5.41, 5.74) is 1.30. The summed E-state index contributed by atoms with van der Waals surface area (Å²) in [4.78, 5) is 25.3. The van der Waals surface area contributed by atoms with E-state index >= 15 is 0 Å². The second-order valence-electron chi connectivity index (χ2n) is 6.27. The molecular weight excluding hydrogens is 400 g/mol. The van der Waals surface area contributed by atoms with Crippen LogP contribution in [-0.4, -0.2) is 49.7 Å². The van der Waals surface area contributed by atoms with Gasteiger partial charge in [-0.1, -0.05) is 30.9 Å². The monoisotopic (exact) mass is 422 g/mol. The van der Waals surface area contributed by atoms with E-state index < -0.39 is 11.9 Å². The van der Waals surface area contributed by atoms with Gasteiger partial charge < -0.3 is 18.9 Å². The first-order chi connectivity index (χ1) is 15.0. The van der Waals surface area contributed by atoms with E-state index in [9.17, 15) is 9.59 Å². The Kier molecular flexibility index (Phi) is 6.71. The van der Waals surface area contributed by atoms with Crippen LogP contribution in [0.25, 0.3) is 16.9 Å². The molecule has 0 atom stereocenters. The zero-order valence-corrected chi connectivity index (χ0v) is 17.5. The van der Waals surface area contributed by atoms with Crippen LogP contribution < -0.4 is 9.47 Å². The first kappa shape index (κ1) is 21.6. The summed E-state index contributed by atoms with van der Waals surface area (Å²) in [6, 6.07) is 14.0. The second kappa shape index (κ2) is 9.62. The van der Waals surface area contributed by atoms with Crippen LogP contribution in [0.4, 0.5) is 0 Å². The molecule has 0 N–H and O–H groups in total. The molecule has 160 valence electrons. The number of carbonyl (C=O) groups excluding carboxylic acids is 2. The fraction of sp³-hybridized carbons (Fsp3) is 0.174. The van der Waals surface area contributed by atoms with Crippen molar-refractivity contribution in [2.45, 2.75) is 0 Å². The minimum Gasteiger partial charge on any atom is -0.493 e. The lowest BCUT2D eigenvalue weighted by Crippen LogP contribution is -2.15. The molecule has 31 heavy (non-hydrogen) atoms. The first-order valence-electron chi connectivity index (χ1n) is 9.32. The first-order valence-corrected chi connectivity index (χ1v) is 9.32. The van der Waals surface area contributed by atoms with Gasteiger partial charge in [-0.05, 0) is 30.3 Å². The van der Waals surface area contributed by atoms with E-state index in [1.54, 1.807) is 48.5 Å². The van der Waals surface area contributed by atoms with Crippen molar-refractivity contribution < 1.29 is 28.5 Å². The van der Waals surface area contributed by atoms with E-state index in [2.05, 4.69) is 11.7 Å². The van der Waals surface area contributed by atoms with E-state index in [4.69, 9.17) is 18.9 Å². The van der Waals surface area contributed by atoms with Crippen LogP contribution >= 0.6 is 0 Å². The van der Waals surface area contributed by atoms with E-state index in [-0.39, 0.29) is 17.0 Å². The molecule has 0 aliphatic heterocycles. The van der Waals surface area contributed by atoms with Crippen molar-refractivity contribution in [1.29, 1.82) is 0 Å². The average molecular weight is 422 g/mol. The fourth-order valence-electron chi connectivity index (χ4n) is 3.04. The Morgan fingerprint density at radius 2 is 1.71 bits per heavy atom. The molecule has 0 saturated heterocycles. The van der Waals surface area contributed by atoms with Gasteiger partial charge in [-0.2, -0.15) is 5.10 Å². The maximum absolute atomic E-state index is 12.7. The molecule has 0 aliphatic rings. The topological polar surface area (TPSA) is 88.9 Å². The van der Waals surface area contributed by atoms with E-state index in [0.717, 1.165) is 0 Å². The Labute approximate surface area is 179 Å². The molecule has 0 fully saturated rings. The number of hydrogen-bond acceptors (Lipinski definition) is 7. The molecule has 3 aromatic rings. The SMILES string of the molecule is C=CCOc1ccc(-c2nn(-c3ccccc3)c(C(=O)OC)c2C(=O)OC)cc1OC. The second-order valence-corrected chi connectivity index (χ2v) is 6.27. The molecule has 2 aromatic carbocycles. The van der Waals surface area contributed by atoms with Crippen molar-refractivity contribution in [3.63, 3.8) is 0 Å². The van der Waals surface area contributed by atoms with Gasteiger partial charge in [0.15, 0.2) is 17.2 Å². The van der Waals surface area contributed by atoms with Crippen molar-refractivity contribution in [2.24, 2.45) is 0 Å². The number of para-hydroxylation sites is 1. The molecule has 0 aliphatic carbocycles. The third-order valence-corrected chi connectivity index (χ3v) is 4.45. The molecule has 0 saturated carbocycles. The van der Waals surface area contributed by atoms with Gasteiger partial charge in [0.05, 0.1) is 27.0 Å². The molecule has 8 nitrogen and oxygen atoms in total. The predicted octanol–water partition coefficient (Wildman–Crippen LogP) is 3.69. The Morgan fingerprint density at radius 1 is 1.00 bits per heavy atom.